The Labute approximate surface area is 155 Å². The Bertz CT molecular complexity index is 532. The van der Waals surface area contributed by atoms with Gasteiger partial charge in [0.15, 0.2) is 0 Å². The first kappa shape index (κ1) is 23.4. The third kappa shape index (κ3) is 10.1. The monoisotopic (exact) mass is 372 g/mol. The van der Waals surface area contributed by atoms with Crippen LogP contribution in [-0.4, -0.2) is 29.6 Å². The first-order chi connectivity index (χ1) is 11.2. The molecule has 0 spiro atoms. The number of rotatable bonds is 8. The van der Waals surface area contributed by atoms with Gasteiger partial charge in [0.1, 0.15) is 24.3 Å². The highest BCUT2D eigenvalue weighted by molar-refractivity contribution is 5.85. The fraction of sp³-hybridized carbons (Fsp3) is 0.556. The highest BCUT2D eigenvalue weighted by atomic mass is 35.5. The van der Waals surface area contributed by atoms with E-state index in [1.165, 1.54) is 0 Å². The summed E-state index contributed by atoms with van der Waals surface area (Å²) < 4.78 is 10.4. The van der Waals surface area contributed by atoms with E-state index < -0.39 is 29.6 Å². The van der Waals surface area contributed by atoms with Crippen molar-refractivity contribution in [3.63, 3.8) is 0 Å². The number of carbonyl (C=O) groups is 2. The predicted molar refractivity (Wildman–Crippen MR) is 99.1 cm³/mol. The highest BCUT2D eigenvalue weighted by Gasteiger charge is 2.22. The molecule has 1 unspecified atom stereocenters. The van der Waals surface area contributed by atoms with Crippen LogP contribution >= 0.6 is 12.4 Å². The minimum atomic E-state index is -0.723. The molecule has 25 heavy (non-hydrogen) atoms. The molecule has 0 bridgehead atoms. The molecule has 2 atom stereocenters. The number of ether oxygens (including phenoxy) is 2. The molecule has 4 N–H and O–H groups in total. The number of benzene rings is 1. The second kappa shape index (κ2) is 11.1. The van der Waals surface area contributed by atoms with E-state index in [9.17, 15) is 9.59 Å². The molecule has 0 saturated carbocycles. The second-order valence-electron chi connectivity index (χ2n) is 6.77. The molecule has 142 valence electrons. The summed E-state index contributed by atoms with van der Waals surface area (Å²) in [6.45, 7) is 5.56. The molecular weight excluding hydrogens is 344 g/mol. The quantitative estimate of drug-likeness (QED) is 0.678. The fourth-order valence-electron chi connectivity index (χ4n) is 2.01. The molecule has 0 aromatic heterocycles. The number of esters is 2. The van der Waals surface area contributed by atoms with Crippen LogP contribution in [0.2, 0.25) is 0 Å². The van der Waals surface area contributed by atoms with Crippen LogP contribution < -0.4 is 11.5 Å². The Kier molecular flexibility index (Phi) is 10.4. The second-order valence-corrected chi connectivity index (χ2v) is 6.77. The predicted octanol–water partition coefficient (Wildman–Crippen LogP) is 2.32. The van der Waals surface area contributed by atoms with Gasteiger partial charge in [0.25, 0.3) is 0 Å². The van der Waals surface area contributed by atoms with Gasteiger partial charge in [-0.1, -0.05) is 30.3 Å². The minimum absolute atomic E-state index is 0. The summed E-state index contributed by atoms with van der Waals surface area (Å²) in [7, 11) is 0. The van der Waals surface area contributed by atoms with Crippen LogP contribution in [0.1, 0.15) is 45.6 Å². The normalized spacial score (nSPS) is 13.3. The molecule has 0 amide bonds. The maximum absolute atomic E-state index is 11.8. The molecule has 1 aromatic carbocycles. The molecule has 0 aliphatic heterocycles. The van der Waals surface area contributed by atoms with Crippen LogP contribution in [0.3, 0.4) is 0 Å². The van der Waals surface area contributed by atoms with Gasteiger partial charge in [-0.15, -0.1) is 12.4 Å². The molecule has 0 aliphatic rings. The lowest BCUT2D eigenvalue weighted by molar-refractivity contribution is -0.156. The molecule has 0 fully saturated rings. The van der Waals surface area contributed by atoms with E-state index in [2.05, 4.69) is 0 Å². The summed E-state index contributed by atoms with van der Waals surface area (Å²) in [6.07, 6.45) is 1.36. The molecule has 1 rings (SSSR count). The number of nitrogens with two attached hydrogens (primary N) is 2. The van der Waals surface area contributed by atoms with Gasteiger partial charge in [-0.3, -0.25) is 9.59 Å². The van der Waals surface area contributed by atoms with E-state index in [-0.39, 0.29) is 19.0 Å². The topological polar surface area (TPSA) is 105 Å². The molecule has 6 nitrogen and oxygen atoms in total. The average Bonchev–Trinajstić information content (AvgIpc) is 2.51. The number of carbonyl (C=O) groups excluding carboxylic acids is 2. The molecular formula is C18H29ClN2O4. The van der Waals surface area contributed by atoms with E-state index in [0.29, 0.717) is 19.3 Å². The Morgan fingerprint density at radius 3 is 2.04 bits per heavy atom. The first-order valence-corrected chi connectivity index (χ1v) is 8.13. The maximum Gasteiger partial charge on any atom is 0.323 e. The third-order valence-electron chi connectivity index (χ3n) is 3.27. The van der Waals surface area contributed by atoms with E-state index in [0.717, 1.165) is 5.56 Å². The van der Waals surface area contributed by atoms with Gasteiger partial charge in [-0.2, -0.15) is 0 Å². The van der Waals surface area contributed by atoms with Crippen molar-refractivity contribution in [1.29, 1.82) is 0 Å². The summed E-state index contributed by atoms with van der Waals surface area (Å²) in [6, 6.07) is 7.96. The maximum atomic E-state index is 11.8. The number of hydrogen-bond donors (Lipinski definition) is 2. The number of halogens is 1. The molecule has 0 radical (unpaired) electrons. The van der Waals surface area contributed by atoms with E-state index in [1.54, 1.807) is 20.8 Å². The lowest BCUT2D eigenvalue weighted by Gasteiger charge is -2.22. The van der Waals surface area contributed by atoms with Gasteiger partial charge in [0.05, 0.1) is 0 Å². The van der Waals surface area contributed by atoms with Crippen LogP contribution in [0.25, 0.3) is 0 Å². The summed E-state index contributed by atoms with van der Waals surface area (Å²) in [5.74, 6) is -0.896. The van der Waals surface area contributed by atoms with Crippen LogP contribution in [0.5, 0.6) is 0 Å². The molecule has 0 heterocycles. The smallest absolute Gasteiger partial charge is 0.323 e. The SMILES string of the molecule is CC(C)(C)OC(=O)[C@@H](N)CCCC(N)C(=O)OCc1ccccc1.Cl. The van der Waals surface area contributed by atoms with Crippen molar-refractivity contribution in [2.45, 2.75) is 64.3 Å². The summed E-state index contributed by atoms with van der Waals surface area (Å²) in [5.41, 5.74) is 11.9. The fourth-order valence-corrected chi connectivity index (χ4v) is 2.01. The lowest BCUT2D eigenvalue weighted by atomic mass is 10.1. The van der Waals surface area contributed by atoms with Crippen molar-refractivity contribution in [3.8, 4) is 0 Å². The van der Waals surface area contributed by atoms with Crippen LogP contribution in [-0.2, 0) is 25.7 Å². The van der Waals surface area contributed by atoms with Gasteiger partial charge < -0.3 is 20.9 Å². The molecule has 7 heteroatoms. The van der Waals surface area contributed by atoms with E-state index in [4.69, 9.17) is 20.9 Å². The average molecular weight is 373 g/mol. The van der Waals surface area contributed by atoms with Crippen molar-refractivity contribution < 1.29 is 19.1 Å². The Morgan fingerprint density at radius 1 is 1.00 bits per heavy atom. The van der Waals surface area contributed by atoms with E-state index in [1.807, 2.05) is 30.3 Å². The zero-order chi connectivity index (χ0) is 18.2. The minimum Gasteiger partial charge on any atom is -0.460 e. The van der Waals surface area contributed by atoms with E-state index >= 15 is 0 Å². The molecule has 0 aliphatic carbocycles. The van der Waals surface area contributed by atoms with Gasteiger partial charge in [0.2, 0.25) is 0 Å². The molecule has 1 aromatic rings. The Hall–Kier alpha value is -1.63. The van der Waals surface area contributed by atoms with Crippen LogP contribution in [0.15, 0.2) is 30.3 Å². The Balaban J connectivity index is 0.00000576. The highest BCUT2D eigenvalue weighted by Crippen LogP contribution is 2.11. The van der Waals surface area contributed by atoms with Crippen LogP contribution in [0.4, 0.5) is 0 Å². The summed E-state index contributed by atoms with van der Waals surface area (Å²) in [4.78, 5) is 23.6. The zero-order valence-electron chi connectivity index (χ0n) is 15.1. The van der Waals surface area contributed by atoms with Crippen molar-refractivity contribution in [2.75, 3.05) is 0 Å². The van der Waals surface area contributed by atoms with Gasteiger partial charge in [-0.05, 0) is 45.6 Å². The zero-order valence-corrected chi connectivity index (χ0v) is 15.9. The largest absolute Gasteiger partial charge is 0.460 e. The van der Waals surface area contributed by atoms with Gasteiger partial charge in [-0.25, -0.2) is 0 Å². The lowest BCUT2D eigenvalue weighted by Crippen LogP contribution is -2.38. The summed E-state index contributed by atoms with van der Waals surface area (Å²) >= 11 is 0. The third-order valence-corrected chi connectivity index (χ3v) is 3.27. The van der Waals surface area contributed by atoms with Crippen molar-refractivity contribution in [2.24, 2.45) is 11.5 Å². The standard InChI is InChI=1S/C18H28N2O4.ClH/c1-18(2,3)24-17(22)15(20)11-7-10-14(19)16(21)23-12-13-8-5-4-6-9-13;/h4-6,8-9,14-15H,7,10-12,19-20H2,1-3H3;1H/t14?,15-;/m0./s1. The Morgan fingerprint density at radius 2 is 1.52 bits per heavy atom. The van der Waals surface area contributed by atoms with Gasteiger partial charge in [0, 0.05) is 0 Å². The van der Waals surface area contributed by atoms with Crippen molar-refractivity contribution >= 4 is 24.3 Å². The number of hydrogen-bond acceptors (Lipinski definition) is 6. The van der Waals surface area contributed by atoms with Gasteiger partial charge >= 0.3 is 11.9 Å². The van der Waals surface area contributed by atoms with Crippen molar-refractivity contribution in [1.82, 2.24) is 0 Å². The molecule has 0 saturated heterocycles. The summed E-state index contributed by atoms with van der Waals surface area (Å²) in [5, 5.41) is 0. The van der Waals surface area contributed by atoms with Crippen LogP contribution in [0, 0.1) is 0 Å². The first-order valence-electron chi connectivity index (χ1n) is 8.13. The van der Waals surface area contributed by atoms with Crippen molar-refractivity contribution in [3.05, 3.63) is 35.9 Å².